The first-order valence-corrected chi connectivity index (χ1v) is 11.9. The number of carbonyl (C=O) groups excluding carboxylic acids is 2. The van der Waals surface area contributed by atoms with Crippen LogP contribution in [-0.4, -0.2) is 67.3 Å². The van der Waals surface area contributed by atoms with Crippen molar-refractivity contribution in [3.8, 4) is 0 Å². The molecule has 2 aromatic heterocycles. The average Bonchev–Trinajstić information content (AvgIpc) is 3.23. The lowest BCUT2D eigenvalue weighted by Gasteiger charge is -2.32. The van der Waals surface area contributed by atoms with Crippen molar-refractivity contribution < 1.29 is 9.59 Å². The monoisotopic (exact) mass is 438 g/mol. The number of amides is 2. The molecule has 0 N–H and O–H groups in total. The van der Waals surface area contributed by atoms with E-state index in [4.69, 9.17) is 4.98 Å². The molecule has 0 unspecified atom stereocenters. The minimum Gasteiger partial charge on any atom is -0.342 e. The molecule has 8 heteroatoms. The van der Waals surface area contributed by atoms with Gasteiger partial charge in [-0.05, 0) is 52.4 Å². The Kier molecular flexibility index (Phi) is 7.17. The third kappa shape index (κ3) is 5.16. The molecule has 0 aliphatic carbocycles. The summed E-state index contributed by atoms with van der Waals surface area (Å²) in [4.78, 5) is 43.0. The van der Waals surface area contributed by atoms with Gasteiger partial charge in [0.05, 0.1) is 11.3 Å². The molecule has 2 saturated heterocycles. The molecule has 1 atom stereocenters. The lowest BCUT2D eigenvalue weighted by atomic mass is 9.96. The molecule has 0 saturated carbocycles. The lowest BCUT2D eigenvalue weighted by molar-refractivity contribution is -0.132. The maximum Gasteiger partial charge on any atom is 0.257 e. The molecule has 0 radical (unpaired) electrons. The molecular formula is C24H34N6O2. The van der Waals surface area contributed by atoms with Crippen LogP contribution in [0.25, 0.3) is 0 Å². The van der Waals surface area contributed by atoms with Crippen molar-refractivity contribution in [1.29, 1.82) is 0 Å². The predicted octanol–water partition coefficient (Wildman–Crippen LogP) is 3.10. The first-order chi connectivity index (χ1) is 15.5. The van der Waals surface area contributed by atoms with E-state index in [0.29, 0.717) is 18.5 Å². The van der Waals surface area contributed by atoms with Crippen LogP contribution in [0.5, 0.6) is 0 Å². The van der Waals surface area contributed by atoms with E-state index >= 15 is 0 Å². The zero-order valence-corrected chi connectivity index (χ0v) is 19.3. The highest BCUT2D eigenvalue weighted by molar-refractivity contribution is 5.95. The van der Waals surface area contributed by atoms with Gasteiger partial charge in [-0.15, -0.1) is 0 Å². The first kappa shape index (κ1) is 22.4. The zero-order valence-electron chi connectivity index (χ0n) is 19.3. The summed E-state index contributed by atoms with van der Waals surface area (Å²) >= 11 is 0. The van der Waals surface area contributed by atoms with Gasteiger partial charge in [-0.2, -0.15) is 0 Å². The van der Waals surface area contributed by atoms with Crippen LogP contribution in [0.2, 0.25) is 0 Å². The van der Waals surface area contributed by atoms with Crippen molar-refractivity contribution in [1.82, 2.24) is 29.3 Å². The topological polar surface area (TPSA) is 84.2 Å². The number of hydrogen-bond donors (Lipinski definition) is 0. The summed E-state index contributed by atoms with van der Waals surface area (Å²) in [6.45, 7) is 7.77. The summed E-state index contributed by atoms with van der Waals surface area (Å²) in [7, 11) is 0. The van der Waals surface area contributed by atoms with Crippen molar-refractivity contribution in [2.45, 2.75) is 71.3 Å². The molecular weight excluding hydrogens is 404 g/mol. The number of piperidine rings is 2. The summed E-state index contributed by atoms with van der Waals surface area (Å²) in [5.74, 6) is 2.10. The quantitative estimate of drug-likeness (QED) is 0.692. The van der Waals surface area contributed by atoms with Gasteiger partial charge in [-0.3, -0.25) is 9.59 Å². The van der Waals surface area contributed by atoms with E-state index < -0.39 is 0 Å². The van der Waals surface area contributed by atoms with E-state index in [1.807, 2.05) is 29.8 Å². The Labute approximate surface area is 190 Å². The molecule has 2 aliphatic rings. The van der Waals surface area contributed by atoms with Crippen LogP contribution >= 0.6 is 0 Å². The highest BCUT2D eigenvalue weighted by Gasteiger charge is 2.28. The third-order valence-electron chi connectivity index (χ3n) is 6.72. The van der Waals surface area contributed by atoms with Gasteiger partial charge in [0.1, 0.15) is 11.6 Å². The van der Waals surface area contributed by atoms with Gasteiger partial charge in [0.25, 0.3) is 5.91 Å². The van der Waals surface area contributed by atoms with Crippen molar-refractivity contribution in [2.24, 2.45) is 0 Å². The van der Waals surface area contributed by atoms with Crippen LogP contribution in [0.4, 0.5) is 0 Å². The van der Waals surface area contributed by atoms with Crippen LogP contribution in [0.3, 0.4) is 0 Å². The third-order valence-corrected chi connectivity index (χ3v) is 6.72. The lowest BCUT2D eigenvalue weighted by Crippen LogP contribution is -2.39. The largest absolute Gasteiger partial charge is 0.342 e. The van der Waals surface area contributed by atoms with E-state index in [1.54, 1.807) is 12.4 Å². The van der Waals surface area contributed by atoms with E-state index in [1.165, 1.54) is 6.42 Å². The standard InChI is InChI=1S/C24H34N6O2/c1-18-21(24(32)29-11-4-3-5-12-29)16-26-23(27-18)20-8-6-14-30(17-20)22(31)9-7-13-28-15-10-25-19(28)2/h10,15-16,20H,3-9,11-14,17H2,1-2H3/t20-/m0/s1. The summed E-state index contributed by atoms with van der Waals surface area (Å²) in [6, 6.07) is 0. The molecule has 2 fully saturated rings. The summed E-state index contributed by atoms with van der Waals surface area (Å²) in [5, 5.41) is 0. The van der Waals surface area contributed by atoms with Gasteiger partial charge in [-0.1, -0.05) is 0 Å². The normalized spacial score (nSPS) is 19.2. The Morgan fingerprint density at radius 1 is 1.03 bits per heavy atom. The predicted molar refractivity (Wildman–Crippen MR) is 121 cm³/mol. The van der Waals surface area contributed by atoms with E-state index in [-0.39, 0.29) is 17.7 Å². The maximum atomic E-state index is 12.8. The smallest absolute Gasteiger partial charge is 0.257 e. The van der Waals surface area contributed by atoms with Gasteiger partial charge >= 0.3 is 0 Å². The van der Waals surface area contributed by atoms with Gasteiger partial charge in [0.15, 0.2) is 0 Å². The summed E-state index contributed by atoms with van der Waals surface area (Å²) in [6.07, 6.45) is 12.0. The second-order valence-corrected chi connectivity index (χ2v) is 9.03. The molecule has 32 heavy (non-hydrogen) atoms. The van der Waals surface area contributed by atoms with Gasteiger partial charge in [0.2, 0.25) is 5.91 Å². The molecule has 4 heterocycles. The number of carbonyl (C=O) groups is 2. The molecule has 2 aromatic rings. The van der Waals surface area contributed by atoms with Crippen LogP contribution in [0, 0.1) is 13.8 Å². The van der Waals surface area contributed by atoms with Crippen LogP contribution < -0.4 is 0 Å². The average molecular weight is 439 g/mol. The molecule has 2 amide bonds. The SMILES string of the molecule is Cc1nc([C@H]2CCCN(C(=O)CCCn3ccnc3C)C2)ncc1C(=O)N1CCCCC1. The molecule has 0 spiro atoms. The number of hydrogen-bond acceptors (Lipinski definition) is 5. The maximum absolute atomic E-state index is 12.8. The van der Waals surface area contributed by atoms with Crippen molar-refractivity contribution >= 4 is 11.8 Å². The molecule has 0 aromatic carbocycles. The Hall–Kier alpha value is -2.77. The summed E-state index contributed by atoms with van der Waals surface area (Å²) in [5.41, 5.74) is 1.35. The number of aryl methyl sites for hydroxylation is 3. The zero-order chi connectivity index (χ0) is 22.5. The van der Waals surface area contributed by atoms with Crippen LogP contribution in [-0.2, 0) is 11.3 Å². The number of likely N-dealkylation sites (tertiary alicyclic amines) is 2. The molecule has 172 valence electrons. The van der Waals surface area contributed by atoms with Gasteiger partial charge < -0.3 is 14.4 Å². The number of rotatable bonds is 6. The number of nitrogens with zero attached hydrogens (tertiary/aromatic N) is 6. The second kappa shape index (κ2) is 10.2. The molecule has 0 bridgehead atoms. The van der Waals surface area contributed by atoms with Gasteiger partial charge in [-0.25, -0.2) is 15.0 Å². The Morgan fingerprint density at radius 2 is 1.81 bits per heavy atom. The highest BCUT2D eigenvalue weighted by Crippen LogP contribution is 2.26. The fourth-order valence-electron chi connectivity index (χ4n) is 4.77. The minimum absolute atomic E-state index is 0.0438. The van der Waals surface area contributed by atoms with E-state index in [2.05, 4.69) is 14.5 Å². The number of imidazole rings is 1. The summed E-state index contributed by atoms with van der Waals surface area (Å²) < 4.78 is 2.08. The molecule has 8 nitrogen and oxygen atoms in total. The highest BCUT2D eigenvalue weighted by atomic mass is 16.2. The second-order valence-electron chi connectivity index (χ2n) is 9.03. The molecule has 2 aliphatic heterocycles. The van der Waals surface area contributed by atoms with Crippen molar-refractivity contribution in [3.05, 3.63) is 41.5 Å². The van der Waals surface area contributed by atoms with Crippen molar-refractivity contribution in [2.75, 3.05) is 26.2 Å². The Balaban J connectivity index is 1.34. The van der Waals surface area contributed by atoms with E-state index in [0.717, 1.165) is 75.6 Å². The Morgan fingerprint density at radius 3 is 2.53 bits per heavy atom. The minimum atomic E-state index is 0.0438. The fraction of sp³-hybridized carbons (Fsp3) is 0.625. The van der Waals surface area contributed by atoms with Crippen LogP contribution in [0.1, 0.15) is 78.6 Å². The molecule has 4 rings (SSSR count). The van der Waals surface area contributed by atoms with Gasteiger partial charge in [0, 0.05) is 63.7 Å². The fourth-order valence-corrected chi connectivity index (χ4v) is 4.77. The number of aromatic nitrogens is 4. The Bertz CT molecular complexity index is 950. The van der Waals surface area contributed by atoms with Crippen LogP contribution in [0.15, 0.2) is 18.6 Å². The van der Waals surface area contributed by atoms with Crippen molar-refractivity contribution in [3.63, 3.8) is 0 Å². The van der Waals surface area contributed by atoms with E-state index in [9.17, 15) is 9.59 Å². The first-order valence-electron chi connectivity index (χ1n) is 11.9.